The number of anilines is 1. The van der Waals surface area contributed by atoms with Crippen LogP contribution in [0.3, 0.4) is 0 Å². The number of hydrogen-bond acceptors (Lipinski definition) is 6. The first-order valence-corrected chi connectivity index (χ1v) is 13.2. The third-order valence-electron chi connectivity index (χ3n) is 4.97. The van der Waals surface area contributed by atoms with E-state index in [1.165, 1.54) is 28.2 Å². The van der Waals surface area contributed by atoms with Crippen molar-refractivity contribution < 1.29 is 17.9 Å². The zero-order valence-electron chi connectivity index (χ0n) is 19.0. The fourth-order valence-corrected chi connectivity index (χ4v) is 5.32. The van der Waals surface area contributed by atoms with Crippen LogP contribution in [0.2, 0.25) is 0 Å². The van der Waals surface area contributed by atoms with Crippen LogP contribution in [0.4, 0.5) is 5.69 Å². The molecule has 0 radical (unpaired) electrons. The number of ether oxygens (including phenoxy) is 1. The van der Waals surface area contributed by atoms with Gasteiger partial charge in [0.25, 0.3) is 5.91 Å². The van der Waals surface area contributed by atoms with Crippen molar-refractivity contribution in [2.24, 2.45) is 0 Å². The summed E-state index contributed by atoms with van der Waals surface area (Å²) in [5, 5.41) is 3.40. The number of pyridine rings is 1. The molecular weight excluding hydrogens is 458 g/mol. The molecule has 33 heavy (non-hydrogen) atoms. The SMILES string of the molecule is CCN(CC)S(=O)(=O)c1ccc(Oc2cccc(C)c2)c(NC(=O)c2cccnc2SC)c1. The molecule has 3 aromatic rings. The monoisotopic (exact) mass is 485 g/mol. The van der Waals surface area contributed by atoms with Crippen LogP contribution in [-0.2, 0) is 10.0 Å². The first kappa shape index (κ1) is 24.8. The van der Waals surface area contributed by atoms with Gasteiger partial charge in [0.05, 0.1) is 16.1 Å². The van der Waals surface area contributed by atoms with Crippen molar-refractivity contribution in [3.05, 3.63) is 71.9 Å². The highest BCUT2D eigenvalue weighted by Crippen LogP contribution is 2.34. The number of rotatable bonds is 9. The Hall–Kier alpha value is -2.88. The summed E-state index contributed by atoms with van der Waals surface area (Å²) in [6, 6.07) is 15.3. The number of nitrogens with one attached hydrogen (secondary N) is 1. The second kappa shape index (κ2) is 10.8. The maximum Gasteiger partial charge on any atom is 0.258 e. The lowest BCUT2D eigenvalue weighted by Crippen LogP contribution is -2.30. The molecule has 1 aromatic heterocycles. The number of sulfonamides is 1. The van der Waals surface area contributed by atoms with Crippen molar-refractivity contribution in [1.82, 2.24) is 9.29 Å². The van der Waals surface area contributed by atoms with E-state index in [0.717, 1.165) is 5.56 Å². The summed E-state index contributed by atoms with van der Waals surface area (Å²) < 4.78 is 33.5. The maximum atomic E-state index is 13.1. The number of carbonyl (C=O) groups is 1. The van der Waals surface area contributed by atoms with Crippen LogP contribution in [-0.4, -0.2) is 43.0 Å². The molecule has 0 aliphatic rings. The number of hydrogen-bond donors (Lipinski definition) is 1. The van der Waals surface area contributed by atoms with E-state index in [-0.39, 0.29) is 10.6 Å². The average Bonchev–Trinajstić information content (AvgIpc) is 2.80. The Morgan fingerprint density at radius 3 is 2.52 bits per heavy atom. The molecule has 1 heterocycles. The minimum absolute atomic E-state index is 0.0781. The van der Waals surface area contributed by atoms with E-state index in [1.54, 1.807) is 44.3 Å². The molecule has 1 amide bonds. The molecule has 9 heteroatoms. The summed E-state index contributed by atoms with van der Waals surface area (Å²) in [4.78, 5) is 17.4. The molecule has 0 spiro atoms. The molecule has 7 nitrogen and oxygen atoms in total. The lowest BCUT2D eigenvalue weighted by molar-refractivity contribution is 0.102. The quantitative estimate of drug-likeness (QED) is 0.420. The van der Waals surface area contributed by atoms with Crippen LogP contribution < -0.4 is 10.1 Å². The number of amides is 1. The molecule has 0 fully saturated rings. The van der Waals surface area contributed by atoms with Gasteiger partial charge in [-0.3, -0.25) is 4.79 Å². The van der Waals surface area contributed by atoms with Gasteiger partial charge in [-0.15, -0.1) is 11.8 Å². The third-order valence-corrected chi connectivity index (χ3v) is 7.73. The van der Waals surface area contributed by atoms with Crippen molar-refractivity contribution in [3.63, 3.8) is 0 Å². The zero-order chi connectivity index (χ0) is 24.0. The normalized spacial score (nSPS) is 11.4. The summed E-state index contributed by atoms with van der Waals surface area (Å²) in [6.45, 7) is 6.20. The van der Waals surface area contributed by atoms with E-state index >= 15 is 0 Å². The van der Waals surface area contributed by atoms with E-state index < -0.39 is 15.9 Å². The molecule has 2 aromatic carbocycles. The van der Waals surface area contributed by atoms with E-state index in [1.807, 2.05) is 31.4 Å². The molecule has 3 rings (SSSR count). The molecule has 0 aliphatic carbocycles. The van der Waals surface area contributed by atoms with Gasteiger partial charge in [-0.25, -0.2) is 13.4 Å². The number of benzene rings is 2. The first-order chi connectivity index (χ1) is 15.8. The highest BCUT2D eigenvalue weighted by molar-refractivity contribution is 7.98. The molecule has 0 atom stereocenters. The van der Waals surface area contributed by atoms with Gasteiger partial charge in [0.2, 0.25) is 10.0 Å². The van der Waals surface area contributed by atoms with E-state index in [4.69, 9.17) is 4.74 Å². The Kier molecular flexibility index (Phi) is 8.12. The fourth-order valence-electron chi connectivity index (χ4n) is 3.29. The number of carbonyl (C=O) groups excluding carboxylic acids is 1. The van der Waals surface area contributed by atoms with Gasteiger partial charge >= 0.3 is 0 Å². The van der Waals surface area contributed by atoms with Crippen molar-refractivity contribution in [2.75, 3.05) is 24.7 Å². The van der Waals surface area contributed by atoms with Gasteiger partial charge in [-0.1, -0.05) is 26.0 Å². The number of nitrogens with zero attached hydrogens (tertiary/aromatic N) is 2. The third kappa shape index (κ3) is 5.73. The summed E-state index contributed by atoms with van der Waals surface area (Å²) in [6.07, 6.45) is 3.45. The maximum absolute atomic E-state index is 13.1. The van der Waals surface area contributed by atoms with Gasteiger partial charge in [0, 0.05) is 19.3 Å². The van der Waals surface area contributed by atoms with Gasteiger partial charge in [0.15, 0.2) is 5.75 Å². The van der Waals surface area contributed by atoms with Crippen molar-refractivity contribution >= 4 is 33.4 Å². The van der Waals surface area contributed by atoms with E-state index in [0.29, 0.717) is 35.2 Å². The fraction of sp³-hybridized carbons (Fsp3) is 0.250. The molecular formula is C24H27N3O4S2. The summed E-state index contributed by atoms with van der Waals surface area (Å²) in [5.41, 5.74) is 1.66. The zero-order valence-corrected chi connectivity index (χ0v) is 20.7. The predicted molar refractivity (Wildman–Crippen MR) is 132 cm³/mol. The van der Waals surface area contributed by atoms with Crippen LogP contribution in [0.25, 0.3) is 0 Å². The standard InChI is InChI=1S/C24H27N3O4S2/c1-5-27(6-2)33(29,30)19-12-13-22(31-18-10-7-9-17(3)15-18)21(16-19)26-23(28)20-11-8-14-25-24(20)32-4/h7-16H,5-6H2,1-4H3,(H,26,28). The Morgan fingerprint density at radius 1 is 1.09 bits per heavy atom. The van der Waals surface area contributed by atoms with Crippen LogP contribution >= 0.6 is 11.8 Å². The summed E-state index contributed by atoms with van der Waals surface area (Å²) in [7, 11) is -3.72. The van der Waals surface area contributed by atoms with E-state index in [9.17, 15) is 13.2 Å². The molecule has 0 saturated carbocycles. The Bertz CT molecular complexity index is 1240. The van der Waals surface area contributed by atoms with Crippen LogP contribution in [0.5, 0.6) is 11.5 Å². The number of thioether (sulfide) groups is 1. The van der Waals surface area contributed by atoms with Crippen LogP contribution in [0.1, 0.15) is 29.8 Å². The lowest BCUT2D eigenvalue weighted by Gasteiger charge is -2.20. The average molecular weight is 486 g/mol. The summed E-state index contributed by atoms with van der Waals surface area (Å²) >= 11 is 1.35. The van der Waals surface area contributed by atoms with Gasteiger partial charge in [0.1, 0.15) is 10.8 Å². The minimum atomic E-state index is -3.72. The highest BCUT2D eigenvalue weighted by Gasteiger charge is 2.24. The molecule has 0 saturated heterocycles. The smallest absolute Gasteiger partial charge is 0.258 e. The highest BCUT2D eigenvalue weighted by atomic mass is 32.2. The van der Waals surface area contributed by atoms with E-state index in [2.05, 4.69) is 10.3 Å². The van der Waals surface area contributed by atoms with Gasteiger partial charge in [-0.2, -0.15) is 4.31 Å². The molecule has 0 bridgehead atoms. The number of aromatic nitrogens is 1. The van der Waals surface area contributed by atoms with Gasteiger partial charge in [-0.05, 0) is 61.2 Å². The van der Waals surface area contributed by atoms with Crippen molar-refractivity contribution in [3.8, 4) is 11.5 Å². The van der Waals surface area contributed by atoms with Crippen molar-refractivity contribution in [1.29, 1.82) is 0 Å². The first-order valence-electron chi connectivity index (χ1n) is 10.5. The second-order valence-electron chi connectivity index (χ2n) is 7.18. The molecule has 0 aliphatic heterocycles. The van der Waals surface area contributed by atoms with Crippen LogP contribution in [0, 0.1) is 6.92 Å². The Morgan fingerprint density at radius 2 is 1.85 bits per heavy atom. The second-order valence-corrected chi connectivity index (χ2v) is 9.91. The predicted octanol–water partition coefficient (Wildman–Crippen LogP) is 5.19. The topological polar surface area (TPSA) is 88.6 Å². The largest absolute Gasteiger partial charge is 0.455 e. The Balaban J connectivity index is 2.05. The molecule has 174 valence electrons. The van der Waals surface area contributed by atoms with Crippen LogP contribution in [0.15, 0.2) is 70.7 Å². The molecule has 0 unspecified atom stereocenters. The lowest BCUT2D eigenvalue weighted by atomic mass is 10.2. The number of aryl methyl sites for hydroxylation is 1. The molecule has 1 N–H and O–H groups in total. The van der Waals surface area contributed by atoms with Crippen molar-refractivity contribution in [2.45, 2.75) is 30.7 Å². The minimum Gasteiger partial charge on any atom is -0.455 e. The summed E-state index contributed by atoms with van der Waals surface area (Å²) in [5.74, 6) is 0.511. The van der Waals surface area contributed by atoms with Gasteiger partial charge < -0.3 is 10.1 Å². The Labute approximate surface area is 199 Å².